The number of imide groups is 1. The smallest absolute Gasteiger partial charge is 0.294 e. The van der Waals surface area contributed by atoms with Crippen molar-refractivity contribution in [3.05, 3.63) is 88.0 Å². The molecule has 0 bridgehead atoms. The molecule has 2 aliphatic rings. The Labute approximate surface area is 262 Å². The van der Waals surface area contributed by atoms with E-state index in [1.165, 1.54) is 43.5 Å². The maximum atomic E-state index is 13.1. The highest BCUT2D eigenvalue weighted by molar-refractivity contribution is 8.18. The number of rotatable bonds is 9. The SMILES string of the molecule is COc1cc(/C=C2/SC(=O)N(CC(=O)N3CCN(c4ccccc4)CC3)C2=O)cc(Cl)c1OCC(=O)Nc1ccc(F)cc1. The molecule has 5 rings (SSSR count). The van der Waals surface area contributed by atoms with Crippen molar-refractivity contribution in [2.75, 3.05) is 56.7 Å². The number of piperazine rings is 1. The van der Waals surface area contributed by atoms with Gasteiger partial charge in [0.2, 0.25) is 5.91 Å². The van der Waals surface area contributed by atoms with Gasteiger partial charge in [-0.25, -0.2) is 4.39 Å². The second-order valence-electron chi connectivity index (χ2n) is 9.85. The van der Waals surface area contributed by atoms with E-state index in [2.05, 4.69) is 10.2 Å². The Bertz CT molecular complexity index is 1600. The van der Waals surface area contributed by atoms with E-state index in [0.717, 1.165) is 22.3 Å². The molecule has 3 aromatic rings. The van der Waals surface area contributed by atoms with Crippen molar-refractivity contribution in [3.8, 4) is 11.5 Å². The lowest BCUT2D eigenvalue weighted by Crippen LogP contribution is -2.51. The van der Waals surface area contributed by atoms with Crippen molar-refractivity contribution < 1.29 is 33.0 Å². The summed E-state index contributed by atoms with van der Waals surface area (Å²) in [6.07, 6.45) is 1.48. The van der Waals surface area contributed by atoms with Gasteiger partial charge in [0, 0.05) is 37.6 Å². The topological polar surface area (TPSA) is 108 Å². The molecular formula is C31H28ClFN4O6S. The predicted molar refractivity (Wildman–Crippen MR) is 166 cm³/mol. The van der Waals surface area contributed by atoms with Crippen LogP contribution in [-0.2, 0) is 14.4 Å². The molecule has 228 valence electrons. The van der Waals surface area contributed by atoms with Crippen LogP contribution in [0.4, 0.5) is 20.6 Å². The van der Waals surface area contributed by atoms with Crippen LogP contribution < -0.4 is 19.7 Å². The summed E-state index contributed by atoms with van der Waals surface area (Å²) >= 11 is 7.16. The first kappa shape index (κ1) is 30.9. The van der Waals surface area contributed by atoms with Gasteiger partial charge in [0.1, 0.15) is 12.4 Å². The van der Waals surface area contributed by atoms with Crippen LogP contribution in [-0.4, -0.2) is 79.2 Å². The number of anilines is 2. The number of benzene rings is 3. The van der Waals surface area contributed by atoms with E-state index in [1.54, 1.807) is 11.0 Å². The Balaban J connectivity index is 1.19. The van der Waals surface area contributed by atoms with Crippen molar-refractivity contribution >= 4 is 63.8 Å². The molecule has 2 aliphatic heterocycles. The van der Waals surface area contributed by atoms with E-state index in [1.807, 2.05) is 30.3 Å². The first-order valence-corrected chi connectivity index (χ1v) is 14.8. The molecule has 13 heteroatoms. The molecule has 1 N–H and O–H groups in total. The van der Waals surface area contributed by atoms with Gasteiger partial charge in [0.05, 0.1) is 17.0 Å². The Morgan fingerprint density at radius 3 is 2.41 bits per heavy atom. The zero-order valence-corrected chi connectivity index (χ0v) is 25.2. The highest BCUT2D eigenvalue weighted by atomic mass is 35.5. The molecule has 0 spiro atoms. The lowest BCUT2D eigenvalue weighted by atomic mass is 10.1. The van der Waals surface area contributed by atoms with Crippen molar-refractivity contribution in [2.24, 2.45) is 0 Å². The second kappa shape index (κ2) is 13.8. The molecule has 4 amide bonds. The van der Waals surface area contributed by atoms with Crippen LogP contribution in [0.3, 0.4) is 0 Å². The monoisotopic (exact) mass is 638 g/mol. The van der Waals surface area contributed by atoms with E-state index in [0.29, 0.717) is 37.4 Å². The number of nitrogens with one attached hydrogen (secondary N) is 1. The predicted octanol–water partition coefficient (Wildman–Crippen LogP) is 4.89. The van der Waals surface area contributed by atoms with E-state index in [4.69, 9.17) is 21.1 Å². The summed E-state index contributed by atoms with van der Waals surface area (Å²) in [6, 6.07) is 18.2. The van der Waals surface area contributed by atoms with Crippen LogP contribution in [0.5, 0.6) is 11.5 Å². The molecule has 2 fully saturated rings. The zero-order valence-electron chi connectivity index (χ0n) is 23.6. The number of methoxy groups -OCH3 is 1. The number of carbonyl (C=O) groups is 4. The van der Waals surface area contributed by atoms with Crippen LogP contribution in [0, 0.1) is 5.82 Å². The Kier molecular flexibility index (Phi) is 9.71. The van der Waals surface area contributed by atoms with Crippen LogP contribution in [0.1, 0.15) is 5.56 Å². The number of hydrogen-bond donors (Lipinski definition) is 1. The number of carbonyl (C=O) groups excluding carboxylic acids is 4. The molecule has 2 saturated heterocycles. The van der Waals surface area contributed by atoms with E-state index in [9.17, 15) is 23.6 Å². The Hall–Kier alpha value is -4.55. The Morgan fingerprint density at radius 2 is 1.73 bits per heavy atom. The summed E-state index contributed by atoms with van der Waals surface area (Å²) < 4.78 is 24.1. The number of halogens is 2. The normalized spacial score (nSPS) is 16.0. The van der Waals surface area contributed by atoms with Crippen LogP contribution in [0.15, 0.2) is 71.6 Å². The molecule has 0 saturated carbocycles. The molecule has 0 atom stereocenters. The minimum atomic E-state index is -0.579. The lowest BCUT2D eigenvalue weighted by Gasteiger charge is -2.36. The summed E-state index contributed by atoms with van der Waals surface area (Å²) in [5.74, 6) is -1.50. The third-order valence-corrected chi connectivity index (χ3v) is 8.13. The van der Waals surface area contributed by atoms with Gasteiger partial charge < -0.3 is 24.6 Å². The van der Waals surface area contributed by atoms with E-state index in [-0.39, 0.29) is 33.9 Å². The number of amides is 4. The fraction of sp³-hybridized carbons (Fsp3) is 0.226. The summed E-state index contributed by atoms with van der Waals surface area (Å²) in [7, 11) is 1.39. The summed E-state index contributed by atoms with van der Waals surface area (Å²) in [5.41, 5.74) is 1.93. The molecular weight excluding hydrogens is 611 g/mol. The van der Waals surface area contributed by atoms with Crippen molar-refractivity contribution in [2.45, 2.75) is 0 Å². The van der Waals surface area contributed by atoms with Gasteiger partial charge in [-0.1, -0.05) is 29.8 Å². The molecule has 0 unspecified atom stereocenters. The quantitative estimate of drug-likeness (QED) is 0.330. The largest absolute Gasteiger partial charge is 0.493 e. The number of nitrogens with zero attached hydrogens (tertiary/aromatic N) is 3. The van der Waals surface area contributed by atoms with Gasteiger partial charge >= 0.3 is 0 Å². The first-order chi connectivity index (χ1) is 21.2. The summed E-state index contributed by atoms with van der Waals surface area (Å²) in [6.45, 7) is 1.53. The molecule has 3 aromatic carbocycles. The van der Waals surface area contributed by atoms with Crippen LogP contribution in [0.25, 0.3) is 6.08 Å². The van der Waals surface area contributed by atoms with E-state index < -0.39 is 29.5 Å². The Morgan fingerprint density at radius 1 is 1.02 bits per heavy atom. The van der Waals surface area contributed by atoms with Crippen molar-refractivity contribution in [1.29, 1.82) is 0 Å². The van der Waals surface area contributed by atoms with Gasteiger partial charge in [0.15, 0.2) is 18.1 Å². The fourth-order valence-electron chi connectivity index (χ4n) is 4.71. The molecule has 0 aliphatic carbocycles. The minimum absolute atomic E-state index is 0.103. The highest BCUT2D eigenvalue weighted by Gasteiger charge is 2.37. The molecule has 0 radical (unpaired) electrons. The van der Waals surface area contributed by atoms with Crippen LogP contribution >= 0.6 is 23.4 Å². The summed E-state index contributed by atoms with van der Waals surface area (Å²) in [4.78, 5) is 56.0. The average molecular weight is 639 g/mol. The maximum absolute atomic E-state index is 13.1. The van der Waals surface area contributed by atoms with Crippen molar-refractivity contribution in [3.63, 3.8) is 0 Å². The molecule has 10 nitrogen and oxygen atoms in total. The van der Waals surface area contributed by atoms with Crippen LogP contribution in [0.2, 0.25) is 5.02 Å². The maximum Gasteiger partial charge on any atom is 0.294 e. The highest BCUT2D eigenvalue weighted by Crippen LogP contribution is 2.39. The summed E-state index contributed by atoms with van der Waals surface area (Å²) in [5, 5.41) is 2.15. The number of ether oxygens (including phenoxy) is 2. The van der Waals surface area contributed by atoms with Gasteiger partial charge in [-0.05, 0) is 71.9 Å². The van der Waals surface area contributed by atoms with Gasteiger partial charge in [-0.3, -0.25) is 24.1 Å². The van der Waals surface area contributed by atoms with Crippen molar-refractivity contribution in [1.82, 2.24) is 9.80 Å². The fourth-order valence-corrected chi connectivity index (χ4v) is 5.82. The van der Waals surface area contributed by atoms with Gasteiger partial charge in [0.25, 0.3) is 17.1 Å². The zero-order chi connectivity index (χ0) is 31.2. The second-order valence-corrected chi connectivity index (χ2v) is 11.2. The lowest BCUT2D eigenvalue weighted by molar-refractivity contribution is -0.136. The number of para-hydroxylation sites is 1. The molecule has 44 heavy (non-hydrogen) atoms. The number of thioether (sulfide) groups is 1. The number of hydrogen-bond acceptors (Lipinski definition) is 8. The molecule has 0 aromatic heterocycles. The minimum Gasteiger partial charge on any atom is -0.493 e. The van der Waals surface area contributed by atoms with E-state index >= 15 is 0 Å². The van der Waals surface area contributed by atoms with Gasteiger partial charge in [-0.15, -0.1) is 0 Å². The third-order valence-electron chi connectivity index (χ3n) is 6.95. The first-order valence-electron chi connectivity index (χ1n) is 13.6. The van der Waals surface area contributed by atoms with Gasteiger partial charge in [-0.2, -0.15) is 0 Å². The third kappa shape index (κ3) is 7.32. The molecule has 2 heterocycles. The average Bonchev–Trinajstić information content (AvgIpc) is 3.29. The standard InChI is InChI=1S/C31H28ClFN4O6S/c1-42-25-16-20(15-24(32)29(25)43-19-27(38)34-22-9-7-21(33)8-10-22)17-26-30(40)37(31(41)44-26)18-28(39)36-13-11-35(12-14-36)23-5-3-2-4-6-23/h2-10,15-17H,11-14,18-19H2,1H3,(H,34,38)/b26-17+.